The van der Waals surface area contributed by atoms with Crippen molar-refractivity contribution in [1.29, 1.82) is 0 Å². The lowest BCUT2D eigenvalue weighted by atomic mass is 10.0. The molecule has 0 saturated heterocycles. The number of halogens is 1. The Kier molecular flexibility index (Phi) is 3.25. The Morgan fingerprint density at radius 3 is 2.67 bits per heavy atom. The summed E-state index contributed by atoms with van der Waals surface area (Å²) >= 11 is 3.35. The van der Waals surface area contributed by atoms with Crippen LogP contribution in [0.2, 0.25) is 0 Å². The number of esters is 1. The predicted molar refractivity (Wildman–Crippen MR) is 80.2 cm³/mol. The molecular formula is C15H11BrN2O3. The average Bonchev–Trinajstić information content (AvgIpc) is 2.94. The Balaban J connectivity index is 2.10. The fraction of sp³-hybridized carbons (Fsp3) is 0.133. The van der Waals surface area contributed by atoms with Crippen molar-refractivity contribution in [1.82, 2.24) is 9.78 Å². The third-order valence-electron chi connectivity index (χ3n) is 3.16. The number of rotatable bonds is 2. The monoisotopic (exact) mass is 346 g/mol. The molecule has 0 spiro atoms. The second-order valence-electron chi connectivity index (χ2n) is 4.69. The summed E-state index contributed by atoms with van der Waals surface area (Å²) in [6.07, 6.45) is 1.82. The molecule has 0 radical (unpaired) electrons. The number of aromatic nitrogens is 2. The highest BCUT2D eigenvalue weighted by Crippen LogP contribution is 2.40. The molecule has 0 bridgehead atoms. The van der Waals surface area contributed by atoms with E-state index in [1.165, 1.54) is 6.92 Å². The maximum atomic E-state index is 12.3. The van der Waals surface area contributed by atoms with E-state index in [0.29, 0.717) is 15.8 Å². The number of ketones is 1. The lowest BCUT2D eigenvalue weighted by molar-refractivity contribution is -0.131. The van der Waals surface area contributed by atoms with Gasteiger partial charge in [-0.25, -0.2) is 0 Å². The zero-order valence-corrected chi connectivity index (χ0v) is 13.0. The number of nitrogens with zero attached hydrogens (tertiary/aromatic N) is 2. The van der Waals surface area contributed by atoms with Crippen molar-refractivity contribution in [3.05, 3.63) is 51.8 Å². The number of hydrogen-bond acceptors (Lipinski definition) is 4. The summed E-state index contributed by atoms with van der Waals surface area (Å²) in [4.78, 5) is 23.4. The highest BCUT2D eigenvalue weighted by atomic mass is 79.9. The fourth-order valence-corrected chi connectivity index (χ4v) is 2.94. The van der Waals surface area contributed by atoms with Gasteiger partial charge in [0.2, 0.25) is 5.78 Å². The molecule has 21 heavy (non-hydrogen) atoms. The summed E-state index contributed by atoms with van der Waals surface area (Å²) < 4.78 is 7.17. The molecule has 0 N–H and O–H groups in total. The van der Waals surface area contributed by atoms with Gasteiger partial charge in [0, 0.05) is 31.3 Å². The number of benzene rings is 1. The smallest absolute Gasteiger partial charge is 0.308 e. The number of carbonyl (C=O) groups is 2. The van der Waals surface area contributed by atoms with Crippen LogP contribution in [-0.2, 0) is 11.8 Å². The van der Waals surface area contributed by atoms with Gasteiger partial charge in [-0.3, -0.25) is 14.3 Å². The van der Waals surface area contributed by atoms with Crippen molar-refractivity contribution >= 4 is 33.3 Å². The van der Waals surface area contributed by atoms with Crippen molar-refractivity contribution in [2.24, 2.45) is 7.05 Å². The zero-order valence-electron chi connectivity index (χ0n) is 11.4. The van der Waals surface area contributed by atoms with Crippen LogP contribution < -0.4 is 4.74 Å². The highest BCUT2D eigenvalue weighted by molar-refractivity contribution is 9.12. The van der Waals surface area contributed by atoms with E-state index in [1.54, 1.807) is 22.9 Å². The Labute approximate surface area is 129 Å². The summed E-state index contributed by atoms with van der Waals surface area (Å²) in [5.41, 5.74) is 2.75. The molecule has 3 rings (SSSR count). The SMILES string of the molecule is CC(=O)Oc1ccc2c(c1)C(=O)C(Br)=C2c1ccn(C)n1. The van der Waals surface area contributed by atoms with Crippen molar-refractivity contribution in [3.8, 4) is 5.75 Å². The van der Waals surface area contributed by atoms with Crippen LogP contribution in [0.5, 0.6) is 5.75 Å². The number of aryl methyl sites for hydroxylation is 1. The Morgan fingerprint density at radius 2 is 2.05 bits per heavy atom. The van der Waals surface area contributed by atoms with Crippen molar-refractivity contribution in [2.75, 3.05) is 0 Å². The first-order valence-corrected chi connectivity index (χ1v) is 7.04. The van der Waals surface area contributed by atoms with Gasteiger partial charge in [0.15, 0.2) is 0 Å². The molecule has 1 heterocycles. The standard InChI is InChI=1S/C15H11BrN2O3/c1-8(19)21-9-3-4-10-11(7-9)15(20)14(16)13(10)12-5-6-18(2)17-12/h3-7H,1-2H3. The van der Waals surface area contributed by atoms with Crippen molar-refractivity contribution in [2.45, 2.75) is 6.92 Å². The predicted octanol–water partition coefficient (Wildman–Crippen LogP) is 2.70. The molecule has 0 aliphatic heterocycles. The van der Waals surface area contributed by atoms with Gasteiger partial charge in [0.05, 0.1) is 10.2 Å². The van der Waals surface area contributed by atoms with Crippen molar-refractivity contribution in [3.63, 3.8) is 0 Å². The molecule has 5 nitrogen and oxygen atoms in total. The molecule has 2 aromatic rings. The van der Waals surface area contributed by atoms with E-state index in [9.17, 15) is 9.59 Å². The van der Waals surface area contributed by atoms with Crippen LogP contribution >= 0.6 is 15.9 Å². The largest absolute Gasteiger partial charge is 0.427 e. The Hall–Kier alpha value is -2.21. The topological polar surface area (TPSA) is 61.2 Å². The molecule has 6 heteroatoms. The van der Waals surface area contributed by atoms with Gasteiger partial charge in [-0.05, 0) is 45.8 Å². The van der Waals surface area contributed by atoms with E-state index < -0.39 is 5.97 Å². The molecule has 1 aliphatic rings. The van der Waals surface area contributed by atoms with Gasteiger partial charge >= 0.3 is 5.97 Å². The van der Waals surface area contributed by atoms with Crippen LogP contribution in [0, 0.1) is 0 Å². The molecule has 0 saturated carbocycles. The summed E-state index contributed by atoms with van der Waals surface area (Å²) in [7, 11) is 1.82. The van der Waals surface area contributed by atoms with E-state index in [-0.39, 0.29) is 5.78 Å². The molecular weight excluding hydrogens is 336 g/mol. The van der Waals surface area contributed by atoms with Gasteiger partial charge in [-0.15, -0.1) is 0 Å². The molecule has 0 fully saturated rings. The summed E-state index contributed by atoms with van der Waals surface area (Å²) in [5.74, 6) is -0.200. The van der Waals surface area contributed by atoms with Gasteiger partial charge in [-0.2, -0.15) is 5.10 Å². The maximum Gasteiger partial charge on any atom is 0.308 e. The van der Waals surface area contributed by atoms with E-state index in [4.69, 9.17) is 4.74 Å². The minimum absolute atomic E-state index is 0.139. The first kappa shape index (κ1) is 13.8. The number of Topliss-reactive ketones (excluding diaryl/α,β-unsaturated/α-hetero) is 1. The minimum Gasteiger partial charge on any atom is -0.427 e. The normalized spacial score (nSPS) is 13.6. The lowest BCUT2D eigenvalue weighted by Crippen LogP contribution is -2.03. The van der Waals surface area contributed by atoms with Gasteiger partial charge in [0.25, 0.3) is 0 Å². The van der Waals surface area contributed by atoms with Gasteiger partial charge in [-0.1, -0.05) is 0 Å². The first-order chi connectivity index (χ1) is 9.97. The number of carbonyl (C=O) groups excluding carboxylic acids is 2. The first-order valence-electron chi connectivity index (χ1n) is 6.24. The third kappa shape index (κ3) is 2.31. The Morgan fingerprint density at radius 1 is 1.29 bits per heavy atom. The Bertz CT molecular complexity index is 805. The molecule has 0 amide bonds. The van der Waals surface area contributed by atoms with Crippen LogP contribution in [0.3, 0.4) is 0 Å². The van der Waals surface area contributed by atoms with E-state index >= 15 is 0 Å². The highest BCUT2D eigenvalue weighted by Gasteiger charge is 2.30. The second kappa shape index (κ2) is 4.96. The maximum absolute atomic E-state index is 12.3. The number of hydrogen-bond donors (Lipinski definition) is 0. The van der Waals surface area contributed by atoms with E-state index in [0.717, 1.165) is 16.8 Å². The third-order valence-corrected chi connectivity index (χ3v) is 3.91. The summed E-state index contributed by atoms with van der Waals surface area (Å²) in [6, 6.07) is 6.86. The lowest BCUT2D eigenvalue weighted by Gasteiger charge is -2.05. The van der Waals surface area contributed by atoms with Crippen molar-refractivity contribution < 1.29 is 14.3 Å². The minimum atomic E-state index is -0.419. The molecule has 1 aliphatic carbocycles. The fourth-order valence-electron chi connectivity index (χ4n) is 2.31. The van der Waals surface area contributed by atoms with Crippen LogP contribution in [0.25, 0.3) is 5.57 Å². The molecule has 1 aromatic heterocycles. The second-order valence-corrected chi connectivity index (χ2v) is 5.49. The summed E-state index contributed by atoms with van der Waals surface area (Å²) in [6.45, 7) is 1.32. The summed E-state index contributed by atoms with van der Waals surface area (Å²) in [5, 5.41) is 4.34. The van der Waals surface area contributed by atoms with Crippen LogP contribution in [-0.4, -0.2) is 21.5 Å². The zero-order chi connectivity index (χ0) is 15.1. The van der Waals surface area contributed by atoms with Gasteiger partial charge < -0.3 is 4.74 Å². The molecule has 106 valence electrons. The molecule has 1 aromatic carbocycles. The van der Waals surface area contributed by atoms with E-state index in [2.05, 4.69) is 21.0 Å². The van der Waals surface area contributed by atoms with Crippen LogP contribution in [0.15, 0.2) is 34.9 Å². The average molecular weight is 347 g/mol. The molecule has 0 atom stereocenters. The van der Waals surface area contributed by atoms with E-state index in [1.807, 2.05) is 19.3 Å². The number of ether oxygens (including phenoxy) is 1. The van der Waals surface area contributed by atoms with Crippen LogP contribution in [0.1, 0.15) is 28.5 Å². The van der Waals surface area contributed by atoms with Crippen LogP contribution in [0.4, 0.5) is 0 Å². The number of allylic oxidation sites excluding steroid dienone is 1. The van der Waals surface area contributed by atoms with Gasteiger partial charge in [0.1, 0.15) is 5.75 Å². The molecule has 0 unspecified atom stereocenters. The quantitative estimate of drug-likeness (QED) is 0.619. The number of fused-ring (bicyclic) bond motifs is 1.